The van der Waals surface area contributed by atoms with Crippen molar-refractivity contribution in [2.24, 2.45) is 0 Å². The summed E-state index contributed by atoms with van der Waals surface area (Å²) < 4.78 is 149. The number of hydrogen-bond donors (Lipinski definition) is 34. The van der Waals surface area contributed by atoms with Crippen LogP contribution in [-0.2, 0) is 138 Å². The largest absolute Gasteiger partial charge is 0.394 e. The molecule has 11 fully saturated rings. The lowest BCUT2D eigenvalue weighted by atomic mass is 9.93. The Bertz CT molecular complexity index is 3920. The lowest BCUT2D eigenvalue weighted by molar-refractivity contribution is -0.405. The van der Waals surface area contributed by atoms with Gasteiger partial charge >= 0.3 is 0 Å². The molecule has 11 heterocycles. The third-order valence-corrected chi connectivity index (χ3v) is 26.6. The van der Waals surface area contributed by atoms with Crippen molar-refractivity contribution >= 4 is 23.6 Å². The summed E-state index contributed by atoms with van der Waals surface area (Å²) in [5.74, 6) is -3.99. The molecule has 842 valence electrons. The zero-order valence-electron chi connectivity index (χ0n) is 79.2. The summed E-state index contributed by atoms with van der Waals surface area (Å²) >= 11 is 0. The predicted molar refractivity (Wildman–Crippen MR) is 451 cm³/mol. The number of ether oxygens (including phenoxy) is 25. The molecule has 63 heteroatoms. The first-order valence-electron chi connectivity index (χ1n) is 46.5. The number of carbonyl (C=O) groups is 4. The number of methoxy groups -OCH3 is 3. The van der Waals surface area contributed by atoms with E-state index in [1.54, 1.807) is 0 Å². The Morgan fingerprint density at radius 1 is 0.297 bits per heavy atom. The van der Waals surface area contributed by atoms with Crippen molar-refractivity contribution in [1.82, 2.24) is 21.3 Å². The zero-order valence-corrected chi connectivity index (χ0v) is 79.2. The first kappa shape index (κ1) is 121. The average Bonchev–Trinajstić information content (AvgIpc) is 0.761. The van der Waals surface area contributed by atoms with Crippen LogP contribution in [0.5, 0.6) is 0 Å². The minimum absolute atomic E-state index is 0.808. The molecule has 0 aromatic rings. The molecule has 63 nitrogen and oxygen atoms in total. The lowest BCUT2D eigenvalue weighted by Gasteiger charge is -2.51. The summed E-state index contributed by atoms with van der Waals surface area (Å²) in [6.07, 6.45) is -111. The molecule has 0 radical (unpaired) electrons. The molecule has 11 saturated heterocycles. The van der Waals surface area contributed by atoms with Crippen molar-refractivity contribution in [3.63, 3.8) is 0 Å². The third kappa shape index (κ3) is 27.8. The van der Waals surface area contributed by atoms with E-state index in [-0.39, 0.29) is 0 Å². The summed E-state index contributed by atoms with van der Waals surface area (Å²) in [5.41, 5.74) is 0. The number of hydrogen-bond acceptors (Lipinski definition) is 59. The van der Waals surface area contributed by atoms with Crippen LogP contribution in [0.4, 0.5) is 0 Å². The molecule has 11 aliphatic rings. The van der Waals surface area contributed by atoms with Gasteiger partial charge in [-0.1, -0.05) is 0 Å². The van der Waals surface area contributed by atoms with Gasteiger partial charge < -0.3 is 293 Å². The molecular formula is C82H140N4O59. The molecule has 4 amide bonds. The normalized spacial score (nSPS) is 47.3. The SMILES string of the molecule is CO[C@H]1[C@@H](O)[C@@H](CO)O[C@@H](OC[C@H]2O[C@@H](O[C@H]3[C@@H](O)[C@@H](CO[C@@H]4O[C@H](CO)[C@H](O)[C@H](OC)[C@H]4O)O[C@@H](O[C@H]4[C@H](O)[C@@H](NC(C)=O)[C@H](O[C@@H]5[C@@H](OC[C@H]6O[C@@H](O[C@H]7[C@H](O)[C@@H](NC(C)=O)[C@H](O[C@@H]([C@H](O)[C@H](CO)NC(C)=O)[C@H](O)CO[C@@H]8O[C@@H](C)[C@@H](O)[C@@H](O)[C@@H]8O)O[C@@H]7CO)[C@@H](O[C@@H]7OC[C@@H](O)[C@H](O)[C@H]7O)[C@@H](O[C@H]7O[C@H](CO)[C@@H](O)[C@H](O)[C@@H]7O)[C@@H]6O)O[C@H](CO)[C@@H](O)[C@@H]5O)O[C@@H]4CO)[C@@H]3NC(C)=O)[C@H](O)[C@@H](OC)[C@H]2O)[C@@H]1O. The van der Waals surface area contributed by atoms with E-state index < -0.39 is 459 Å². The second-order valence-electron chi connectivity index (χ2n) is 36.6. The van der Waals surface area contributed by atoms with E-state index >= 15 is 0 Å². The van der Waals surface area contributed by atoms with Crippen LogP contribution in [0.2, 0.25) is 0 Å². The van der Waals surface area contributed by atoms with Crippen molar-refractivity contribution in [2.45, 2.75) is 390 Å². The van der Waals surface area contributed by atoms with Gasteiger partial charge in [-0.15, -0.1) is 0 Å². The Morgan fingerprint density at radius 2 is 0.641 bits per heavy atom. The number of amides is 4. The maximum atomic E-state index is 13.6. The number of rotatable bonds is 43. The van der Waals surface area contributed by atoms with Gasteiger partial charge in [-0.3, -0.25) is 19.2 Å². The highest BCUT2D eigenvalue weighted by Crippen LogP contribution is 2.42. The van der Waals surface area contributed by atoms with Crippen molar-refractivity contribution in [3.05, 3.63) is 0 Å². The molecule has 0 aliphatic carbocycles. The monoisotopic (exact) mass is 2120 g/mol. The Kier molecular flexibility index (Phi) is 45.2. The molecule has 0 unspecified atom stereocenters. The summed E-state index contributed by atoms with van der Waals surface area (Å²) in [6, 6.07) is -8.05. The average molecular weight is 2130 g/mol. The topological polar surface area (TPSA) is 954 Å². The summed E-state index contributed by atoms with van der Waals surface area (Å²) in [6.45, 7) is -7.92. The quantitative estimate of drug-likeness (QED) is 0.0270. The minimum atomic E-state index is -2.56. The number of aliphatic hydroxyl groups is 30. The molecule has 11 aliphatic heterocycles. The highest BCUT2D eigenvalue weighted by molar-refractivity contribution is 5.74. The fraction of sp³-hybridized carbons (Fsp3) is 0.951. The number of aliphatic hydroxyl groups excluding tert-OH is 30. The van der Waals surface area contributed by atoms with Gasteiger partial charge in [0.15, 0.2) is 69.2 Å². The fourth-order valence-electron chi connectivity index (χ4n) is 18.6. The maximum Gasteiger partial charge on any atom is 0.217 e. The van der Waals surface area contributed by atoms with Gasteiger partial charge in [0.05, 0.1) is 91.4 Å². The molecule has 0 bridgehead atoms. The van der Waals surface area contributed by atoms with Crippen LogP contribution in [0.15, 0.2) is 0 Å². The van der Waals surface area contributed by atoms with Crippen LogP contribution in [-0.4, -0.2) is 633 Å². The van der Waals surface area contributed by atoms with Gasteiger partial charge in [0.2, 0.25) is 23.6 Å². The summed E-state index contributed by atoms with van der Waals surface area (Å²) in [4.78, 5) is 53.1. The van der Waals surface area contributed by atoms with E-state index in [9.17, 15) is 172 Å². The predicted octanol–water partition coefficient (Wildman–Crippen LogP) is -23.3. The van der Waals surface area contributed by atoms with Gasteiger partial charge in [0, 0.05) is 49.0 Å². The van der Waals surface area contributed by atoms with Crippen LogP contribution in [0.3, 0.4) is 0 Å². The number of nitrogens with one attached hydrogen (secondary N) is 4. The summed E-state index contributed by atoms with van der Waals surface area (Å²) in [5, 5.41) is 349. The molecule has 0 saturated carbocycles. The Morgan fingerprint density at radius 3 is 1.14 bits per heavy atom. The van der Waals surface area contributed by atoms with Gasteiger partial charge in [-0.05, 0) is 6.92 Å². The third-order valence-electron chi connectivity index (χ3n) is 26.6. The first-order chi connectivity index (χ1) is 68.7. The molecular weight excluding hydrogens is 1980 g/mol. The molecule has 58 atom stereocenters. The second kappa shape index (κ2) is 54.2. The second-order valence-corrected chi connectivity index (χ2v) is 36.6. The van der Waals surface area contributed by atoms with E-state index in [1.807, 2.05) is 0 Å². The van der Waals surface area contributed by atoms with Gasteiger partial charge in [-0.25, -0.2) is 0 Å². The van der Waals surface area contributed by atoms with E-state index in [0.717, 1.165) is 49.0 Å². The van der Waals surface area contributed by atoms with Crippen molar-refractivity contribution < 1.29 is 291 Å². The molecule has 0 aromatic carbocycles. The lowest BCUT2D eigenvalue weighted by Crippen LogP contribution is -2.71. The maximum absolute atomic E-state index is 13.6. The van der Waals surface area contributed by atoms with Crippen molar-refractivity contribution in [3.8, 4) is 0 Å². The summed E-state index contributed by atoms with van der Waals surface area (Å²) in [7, 11) is 3.26. The number of carbonyl (C=O) groups excluding carboxylic acids is 4. The first-order valence-corrected chi connectivity index (χ1v) is 46.5. The highest BCUT2D eigenvalue weighted by Gasteiger charge is 2.63. The van der Waals surface area contributed by atoms with Crippen LogP contribution in [0, 0.1) is 0 Å². The molecule has 0 aromatic heterocycles. The standard InChI is InChI=1S/C82H140N4O59/c1-21-41(100)53(112)57(116)75(129-21)125-17-28(99)62(42(101)26(9-87)83-22(2)94)139-72-38(84-23(3)95)52(111)64(34(15-93)134-72)141-82-71(145-76-56(115)43(102)27(98)16-124-76)69(143-79-58(117)54(113)44(103)29(10-88)132-79)50(109)37(138-82)20-128-81-70(55(114)45(104)30(11-89)133-81)144-73-39(85-24(4)96)51(110)63(33(14-92)135-73)140-74-40(86-25(5)97)65(48(107)35(136-74)18-126-77-59(118)66(121-6)46(105)31(12-90)130-77)142-80-61(120)68(123-8)49(108)36(137-80)19-127-78-60(119)67(122-7)47(106)32(13-91)131-78/h21,26-82,87-93,98-120H,9-20H2,1-8H3,(H,83,94)(H,84,95)(H,85,96)(H,86,97)/t21-,26-,27+,28+,29+,30+,31+,32+,33+,34+,35+,36+,37+,38+,39+,40+,41+,42+,43-,44+,45+,46-,47-,48-,49-,50+,51+,52+,53+,54-,55-,56+,57-,58-,59+,60+,61+,62+,63+,64+,65+,66-,67-,68-,69-,70-,71-,72-,73-,74-,75+,76-,77+,78+,79+,80-,81-,82-/m0/s1. The Balaban J connectivity index is 0.918. The van der Waals surface area contributed by atoms with Crippen molar-refractivity contribution in [1.29, 1.82) is 0 Å². The molecule has 11 rings (SSSR count). The van der Waals surface area contributed by atoms with Crippen LogP contribution >= 0.6 is 0 Å². The smallest absolute Gasteiger partial charge is 0.217 e. The Hall–Kier alpha value is -4.32. The van der Waals surface area contributed by atoms with Crippen molar-refractivity contribution in [2.75, 3.05) is 101 Å². The minimum Gasteiger partial charge on any atom is -0.394 e. The molecule has 0 spiro atoms. The van der Waals surface area contributed by atoms with E-state index in [0.29, 0.717) is 0 Å². The van der Waals surface area contributed by atoms with E-state index in [1.165, 1.54) is 6.92 Å². The van der Waals surface area contributed by atoms with Crippen LogP contribution < -0.4 is 21.3 Å². The van der Waals surface area contributed by atoms with Crippen LogP contribution in [0.1, 0.15) is 34.6 Å². The van der Waals surface area contributed by atoms with E-state index in [4.69, 9.17) is 118 Å². The molecule has 34 N–H and O–H groups in total. The molecule has 145 heavy (non-hydrogen) atoms. The fourth-order valence-corrected chi connectivity index (χ4v) is 18.6. The van der Waals surface area contributed by atoms with Gasteiger partial charge in [-0.2, -0.15) is 0 Å². The van der Waals surface area contributed by atoms with Gasteiger partial charge in [0.1, 0.15) is 274 Å². The van der Waals surface area contributed by atoms with Crippen LogP contribution in [0.25, 0.3) is 0 Å². The van der Waals surface area contributed by atoms with E-state index in [2.05, 4.69) is 21.3 Å². The highest BCUT2D eigenvalue weighted by atomic mass is 16.8. The Labute approximate surface area is 824 Å². The van der Waals surface area contributed by atoms with Gasteiger partial charge in [0.25, 0.3) is 0 Å². The zero-order chi connectivity index (χ0) is 107.